The Morgan fingerprint density at radius 2 is 2.29 bits per heavy atom. The number of amides is 1. The summed E-state index contributed by atoms with van der Waals surface area (Å²) in [4.78, 5) is 14.3. The summed E-state index contributed by atoms with van der Waals surface area (Å²) in [7, 11) is 0. The number of aliphatic hydroxyl groups excluding tert-OH is 1. The number of rotatable bonds is 7. The van der Waals surface area contributed by atoms with Crippen molar-refractivity contribution in [2.24, 2.45) is 0 Å². The van der Waals surface area contributed by atoms with Crippen molar-refractivity contribution < 1.29 is 9.90 Å². The monoisotopic (exact) mass is 287 g/mol. The maximum absolute atomic E-state index is 12.1. The van der Waals surface area contributed by atoms with Crippen LogP contribution in [0.1, 0.15) is 31.2 Å². The molecule has 1 saturated carbocycles. The number of carbonyl (C=O) groups excluding carboxylic acids is 1. The SMILES string of the molecule is N#Cc1cccc(NC(=O)CN(CCCO)C2CCC2)c1. The third-order valence-corrected chi connectivity index (χ3v) is 3.82. The normalized spacial score (nSPS) is 14.5. The molecule has 1 aromatic carbocycles. The maximum atomic E-state index is 12.1. The lowest BCUT2D eigenvalue weighted by atomic mass is 9.91. The molecule has 1 aromatic rings. The van der Waals surface area contributed by atoms with Crippen molar-refractivity contribution >= 4 is 11.6 Å². The van der Waals surface area contributed by atoms with Crippen molar-refractivity contribution in [3.8, 4) is 6.07 Å². The van der Waals surface area contributed by atoms with Gasteiger partial charge in [-0.3, -0.25) is 9.69 Å². The number of benzene rings is 1. The molecule has 1 amide bonds. The average Bonchev–Trinajstić information content (AvgIpc) is 2.43. The summed E-state index contributed by atoms with van der Waals surface area (Å²) >= 11 is 0. The van der Waals surface area contributed by atoms with Crippen LogP contribution in [0.3, 0.4) is 0 Å². The van der Waals surface area contributed by atoms with Gasteiger partial charge < -0.3 is 10.4 Å². The standard InChI is InChI=1S/C16H21N3O2/c17-11-13-4-1-5-14(10-13)18-16(21)12-19(8-3-9-20)15-6-2-7-15/h1,4-5,10,15,20H,2-3,6-9,12H2,(H,18,21). The Morgan fingerprint density at radius 1 is 1.48 bits per heavy atom. The van der Waals surface area contributed by atoms with E-state index in [1.165, 1.54) is 6.42 Å². The highest BCUT2D eigenvalue weighted by Crippen LogP contribution is 2.24. The van der Waals surface area contributed by atoms with Crippen molar-refractivity contribution in [3.63, 3.8) is 0 Å². The average molecular weight is 287 g/mol. The Morgan fingerprint density at radius 3 is 2.90 bits per heavy atom. The van der Waals surface area contributed by atoms with Crippen LogP contribution < -0.4 is 5.32 Å². The van der Waals surface area contributed by atoms with Gasteiger partial charge in [-0.25, -0.2) is 0 Å². The summed E-state index contributed by atoms with van der Waals surface area (Å²) in [5, 5.41) is 20.6. The van der Waals surface area contributed by atoms with Crippen LogP contribution in [0.2, 0.25) is 0 Å². The van der Waals surface area contributed by atoms with E-state index in [-0.39, 0.29) is 12.5 Å². The van der Waals surface area contributed by atoms with Gasteiger partial charge in [0.2, 0.25) is 5.91 Å². The fourth-order valence-corrected chi connectivity index (χ4v) is 2.47. The molecule has 0 radical (unpaired) electrons. The number of aliphatic hydroxyl groups is 1. The zero-order valence-electron chi connectivity index (χ0n) is 12.1. The molecule has 0 unspecified atom stereocenters. The van der Waals surface area contributed by atoms with Crippen molar-refractivity contribution in [2.75, 3.05) is 25.0 Å². The molecule has 112 valence electrons. The van der Waals surface area contributed by atoms with E-state index < -0.39 is 0 Å². The van der Waals surface area contributed by atoms with Crippen molar-refractivity contribution in [1.82, 2.24) is 4.90 Å². The lowest BCUT2D eigenvalue weighted by Crippen LogP contribution is -2.45. The summed E-state index contributed by atoms with van der Waals surface area (Å²) < 4.78 is 0. The number of hydrogen-bond donors (Lipinski definition) is 2. The lowest BCUT2D eigenvalue weighted by molar-refractivity contribution is -0.118. The summed E-state index contributed by atoms with van der Waals surface area (Å²) in [6.45, 7) is 1.23. The van der Waals surface area contributed by atoms with Gasteiger partial charge in [-0.1, -0.05) is 12.5 Å². The Hall–Kier alpha value is -1.90. The molecular formula is C16H21N3O2. The highest BCUT2D eigenvalue weighted by molar-refractivity contribution is 5.92. The van der Waals surface area contributed by atoms with E-state index in [0.717, 1.165) is 19.4 Å². The molecule has 1 fully saturated rings. The van der Waals surface area contributed by atoms with Gasteiger partial charge in [-0.15, -0.1) is 0 Å². The first-order valence-corrected chi connectivity index (χ1v) is 7.38. The molecule has 21 heavy (non-hydrogen) atoms. The predicted molar refractivity (Wildman–Crippen MR) is 80.7 cm³/mol. The van der Waals surface area contributed by atoms with Crippen LogP contribution in [-0.2, 0) is 4.79 Å². The fourth-order valence-electron chi connectivity index (χ4n) is 2.47. The summed E-state index contributed by atoms with van der Waals surface area (Å²) in [5.41, 5.74) is 1.18. The molecule has 2 N–H and O–H groups in total. The second-order valence-corrected chi connectivity index (χ2v) is 5.37. The Kier molecular flexibility index (Phi) is 5.73. The molecule has 1 aliphatic rings. The number of hydrogen-bond acceptors (Lipinski definition) is 4. The molecule has 2 rings (SSSR count). The van der Waals surface area contributed by atoms with Gasteiger partial charge >= 0.3 is 0 Å². The van der Waals surface area contributed by atoms with Gasteiger partial charge in [-0.2, -0.15) is 5.26 Å². The third kappa shape index (κ3) is 4.55. The number of nitrogens with zero attached hydrogens (tertiary/aromatic N) is 2. The van der Waals surface area contributed by atoms with Crippen molar-refractivity contribution in [1.29, 1.82) is 5.26 Å². The first-order valence-electron chi connectivity index (χ1n) is 7.38. The van der Waals surface area contributed by atoms with Gasteiger partial charge in [0.15, 0.2) is 0 Å². The molecule has 1 aliphatic carbocycles. The fraction of sp³-hybridized carbons (Fsp3) is 0.500. The van der Waals surface area contributed by atoms with E-state index in [2.05, 4.69) is 16.3 Å². The Bertz CT molecular complexity index is 520. The summed E-state index contributed by atoms with van der Waals surface area (Å²) in [6, 6.07) is 9.43. The van der Waals surface area contributed by atoms with Crippen LogP contribution in [0.25, 0.3) is 0 Å². The molecule has 0 saturated heterocycles. The largest absolute Gasteiger partial charge is 0.396 e. The Labute approximate surface area is 125 Å². The zero-order valence-corrected chi connectivity index (χ0v) is 12.1. The minimum atomic E-state index is -0.0741. The first kappa shape index (κ1) is 15.5. The van der Waals surface area contributed by atoms with E-state index in [0.29, 0.717) is 30.3 Å². The lowest BCUT2D eigenvalue weighted by Gasteiger charge is -2.37. The molecular weight excluding hydrogens is 266 g/mol. The number of anilines is 1. The van der Waals surface area contributed by atoms with Gasteiger partial charge in [0.1, 0.15) is 0 Å². The highest BCUT2D eigenvalue weighted by atomic mass is 16.3. The molecule has 0 atom stereocenters. The predicted octanol–water partition coefficient (Wildman–Crippen LogP) is 1.73. The van der Waals surface area contributed by atoms with Crippen LogP contribution in [0.4, 0.5) is 5.69 Å². The molecule has 0 aromatic heterocycles. The van der Waals surface area contributed by atoms with E-state index in [1.54, 1.807) is 24.3 Å². The van der Waals surface area contributed by atoms with Crippen LogP contribution >= 0.6 is 0 Å². The maximum Gasteiger partial charge on any atom is 0.238 e. The van der Waals surface area contributed by atoms with Gasteiger partial charge in [0.25, 0.3) is 0 Å². The minimum Gasteiger partial charge on any atom is -0.396 e. The summed E-state index contributed by atoms with van der Waals surface area (Å²) in [6.07, 6.45) is 4.16. The van der Waals surface area contributed by atoms with Crippen LogP contribution in [0.15, 0.2) is 24.3 Å². The van der Waals surface area contributed by atoms with E-state index in [4.69, 9.17) is 10.4 Å². The van der Waals surface area contributed by atoms with Gasteiger partial charge in [0, 0.05) is 24.9 Å². The van der Waals surface area contributed by atoms with Crippen molar-refractivity contribution in [3.05, 3.63) is 29.8 Å². The molecule has 5 nitrogen and oxygen atoms in total. The molecule has 0 aliphatic heterocycles. The topological polar surface area (TPSA) is 76.4 Å². The van der Waals surface area contributed by atoms with Gasteiger partial charge in [-0.05, 0) is 37.5 Å². The highest BCUT2D eigenvalue weighted by Gasteiger charge is 2.26. The first-order chi connectivity index (χ1) is 10.2. The Balaban J connectivity index is 1.90. The third-order valence-electron chi connectivity index (χ3n) is 3.82. The zero-order chi connectivity index (χ0) is 15.1. The second-order valence-electron chi connectivity index (χ2n) is 5.37. The van der Waals surface area contributed by atoms with Crippen LogP contribution in [-0.4, -0.2) is 41.7 Å². The molecule has 0 heterocycles. The van der Waals surface area contributed by atoms with Crippen molar-refractivity contribution in [2.45, 2.75) is 31.7 Å². The number of nitriles is 1. The van der Waals surface area contributed by atoms with E-state index >= 15 is 0 Å². The van der Waals surface area contributed by atoms with Crippen LogP contribution in [0, 0.1) is 11.3 Å². The second kappa shape index (κ2) is 7.77. The van der Waals surface area contributed by atoms with E-state index in [9.17, 15) is 4.79 Å². The molecule has 5 heteroatoms. The quantitative estimate of drug-likeness (QED) is 0.801. The number of nitrogens with one attached hydrogen (secondary N) is 1. The smallest absolute Gasteiger partial charge is 0.238 e. The minimum absolute atomic E-state index is 0.0741. The summed E-state index contributed by atoms with van der Waals surface area (Å²) in [5.74, 6) is -0.0741. The van der Waals surface area contributed by atoms with Gasteiger partial charge in [0.05, 0.1) is 18.2 Å². The van der Waals surface area contributed by atoms with Crippen LogP contribution in [0.5, 0.6) is 0 Å². The molecule has 0 bridgehead atoms. The van der Waals surface area contributed by atoms with E-state index in [1.807, 2.05) is 0 Å². The number of carbonyl (C=O) groups is 1. The molecule has 0 spiro atoms.